The fourth-order valence-electron chi connectivity index (χ4n) is 3.70. The van der Waals surface area contributed by atoms with E-state index < -0.39 is 14.7 Å². The molecule has 0 aliphatic heterocycles. The molecular weight excluding hydrogens is 452 g/mol. The molecule has 3 rings (SSSR count). The van der Waals surface area contributed by atoms with Crippen LogP contribution in [0.2, 0.25) is 0 Å². The van der Waals surface area contributed by atoms with Gasteiger partial charge in [0.1, 0.15) is 17.5 Å². The van der Waals surface area contributed by atoms with Gasteiger partial charge in [-0.25, -0.2) is 8.42 Å². The lowest BCUT2D eigenvalue weighted by Crippen LogP contribution is -2.33. The number of carbonyl (C=O) groups excluding carboxylic acids is 2. The van der Waals surface area contributed by atoms with Crippen molar-refractivity contribution in [3.8, 4) is 6.07 Å². The number of allylic oxidation sites excluding steroid dienone is 1. The van der Waals surface area contributed by atoms with Crippen LogP contribution in [0, 0.1) is 11.3 Å². The third kappa shape index (κ3) is 5.18. The van der Waals surface area contributed by atoms with Crippen molar-refractivity contribution in [1.29, 1.82) is 5.26 Å². The van der Waals surface area contributed by atoms with Gasteiger partial charge in [0, 0.05) is 48.4 Å². The topological polar surface area (TPSA) is 112 Å². The van der Waals surface area contributed by atoms with Crippen molar-refractivity contribution >= 4 is 44.3 Å². The van der Waals surface area contributed by atoms with Crippen LogP contribution in [0.1, 0.15) is 26.3 Å². The molecular formula is C25H26N4O4S. The minimum atomic E-state index is -4.10. The molecule has 0 spiro atoms. The molecule has 0 aliphatic carbocycles. The fraction of sp³-hybridized carbons (Fsp3) is 0.240. The number of rotatable bonds is 8. The van der Waals surface area contributed by atoms with Gasteiger partial charge in [0.05, 0.1) is 4.90 Å². The molecule has 0 fully saturated rings. The summed E-state index contributed by atoms with van der Waals surface area (Å²) in [5.74, 6) is -0.322. The fourth-order valence-corrected chi connectivity index (χ4v) is 4.85. The van der Waals surface area contributed by atoms with Crippen LogP contribution in [0.4, 0.5) is 5.69 Å². The number of nitrogens with zero attached hydrogens (tertiary/aromatic N) is 3. The molecule has 0 aliphatic rings. The number of amides is 2. The Morgan fingerprint density at radius 1 is 1.09 bits per heavy atom. The van der Waals surface area contributed by atoms with Crippen LogP contribution < -0.4 is 5.32 Å². The van der Waals surface area contributed by atoms with Crippen LogP contribution in [-0.4, -0.2) is 42.8 Å². The molecule has 1 N–H and O–H groups in total. The standard InChI is InChI=1S/C25H26N4O4S/c1-4-28(5-2)25(31)17-29-16-19(23-8-6-7-9-24(23)29)14-22(15-26)34(32,33)21-12-10-20(11-13-21)27-18(3)30/h6-14,16H,4-5,17H2,1-3H3,(H,27,30)/b22-14+. The zero-order chi connectivity index (χ0) is 24.9. The number of sulfone groups is 1. The average molecular weight is 479 g/mol. The Labute approximate surface area is 199 Å². The molecule has 2 amide bonds. The first kappa shape index (κ1) is 24.7. The van der Waals surface area contributed by atoms with Crippen LogP contribution in [0.3, 0.4) is 0 Å². The SMILES string of the molecule is CCN(CC)C(=O)Cn1cc(/C=C(\C#N)S(=O)(=O)c2ccc(NC(C)=O)cc2)c2ccccc21. The number of likely N-dealkylation sites (N-methyl/N-ethyl adjacent to an activating group) is 1. The van der Waals surface area contributed by atoms with Gasteiger partial charge in [-0.3, -0.25) is 9.59 Å². The Balaban J connectivity index is 2.02. The Morgan fingerprint density at radius 3 is 2.32 bits per heavy atom. The summed E-state index contributed by atoms with van der Waals surface area (Å²) in [7, 11) is -4.10. The van der Waals surface area contributed by atoms with Crippen molar-refractivity contribution < 1.29 is 18.0 Å². The maximum absolute atomic E-state index is 13.1. The molecule has 3 aromatic rings. The highest BCUT2D eigenvalue weighted by Gasteiger charge is 2.22. The van der Waals surface area contributed by atoms with Gasteiger partial charge < -0.3 is 14.8 Å². The first-order valence-electron chi connectivity index (χ1n) is 10.8. The van der Waals surface area contributed by atoms with E-state index in [2.05, 4.69) is 5.32 Å². The number of benzene rings is 2. The van der Waals surface area contributed by atoms with E-state index in [-0.39, 0.29) is 23.3 Å². The predicted molar refractivity (Wildman–Crippen MR) is 131 cm³/mol. The smallest absolute Gasteiger partial charge is 0.242 e. The summed E-state index contributed by atoms with van der Waals surface area (Å²) in [5, 5.41) is 13.0. The highest BCUT2D eigenvalue weighted by atomic mass is 32.2. The zero-order valence-electron chi connectivity index (χ0n) is 19.3. The summed E-state index contributed by atoms with van der Waals surface area (Å²) in [6, 6.07) is 14.8. The Bertz CT molecular complexity index is 1390. The quantitative estimate of drug-likeness (QED) is 0.495. The van der Waals surface area contributed by atoms with E-state index in [0.717, 1.165) is 10.9 Å². The number of nitriles is 1. The Kier molecular flexibility index (Phi) is 7.54. The second-order valence-electron chi connectivity index (χ2n) is 7.62. The van der Waals surface area contributed by atoms with Crippen molar-refractivity contribution in [2.24, 2.45) is 0 Å². The van der Waals surface area contributed by atoms with Gasteiger partial charge in [0.25, 0.3) is 0 Å². The monoisotopic (exact) mass is 478 g/mol. The highest BCUT2D eigenvalue weighted by Crippen LogP contribution is 2.27. The van der Waals surface area contributed by atoms with Crippen LogP contribution in [0.5, 0.6) is 0 Å². The molecule has 0 saturated carbocycles. The number of hydrogen-bond acceptors (Lipinski definition) is 5. The van der Waals surface area contributed by atoms with Crippen molar-refractivity contribution in [2.45, 2.75) is 32.2 Å². The molecule has 34 heavy (non-hydrogen) atoms. The third-order valence-electron chi connectivity index (χ3n) is 5.41. The zero-order valence-corrected chi connectivity index (χ0v) is 20.1. The number of aromatic nitrogens is 1. The number of anilines is 1. The molecule has 1 heterocycles. The minimum Gasteiger partial charge on any atom is -0.342 e. The number of hydrogen-bond donors (Lipinski definition) is 1. The van der Waals surface area contributed by atoms with Gasteiger partial charge in [-0.2, -0.15) is 5.26 Å². The molecule has 0 unspecified atom stereocenters. The van der Waals surface area contributed by atoms with E-state index in [4.69, 9.17) is 0 Å². The number of para-hydroxylation sites is 1. The van der Waals surface area contributed by atoms with Crippen LogP contribution in [-0.2, 0) is 26.0 Å². The van der Waals surface area contributed by atoms with Gasteiger partial charge in [0.15, 0.2) is 0 Å². The second kappa shape index (κ2) is 10.4. The van der Waals surface area contributed by atoms with Gasteiger partial charge in [0.2, 0.25) is 21.7 Å². The van der Waals surface area contributed by atoms with Crippen molar-refractivity contribution in [1.82, 2.24) is 9.47 Å². The van der Waals surface area contributed by atoms with E-state index >= 15 is 0 Å². The van der Waals surface area contributed by atoms with Gasteiger partial charge in [-0.1, -0.05) is 18.2 Å². The summed E-state index contributed by atoms with van der Waals surface area (Å²) in [4.78, 5) is 25.1. The van der Waals surface area contributed by atoms with Crippen molar-refractivity contribution in [3.63, 3.8) is 0 Å². The van der Waals surface area contributed by atoms with Crippen molar-refractivity contribution in [3.05, 3.63) is 65.2 Å². The molecule has 8 nitrogen and oxygen atoms in total. The first-order chi connectivity index (χ1) is 16.2. The lowest BCUT2D eigenvalue weighted by molar-refractivity contribution is -0.131. The Morgan fingerprint density at radius 2 is 1.74 bits per heavy atom. The van der Waals surface area contributed by atoms with E-state index in [9.17, 15) is 23.3 Å². The number of fused-ring (bicyclic) bond motifs is 1. The first-order valence-corrected chi connectivity index (χ1v) is 12.3. The maximum atomic E-state index is 13.1. The summed E-state index contributed by atoms with van der Waals surface area (Å²) in [6.45, 7) is 6.48. The molecule has 176 valence electrons. The van der Waals surface area contributed by atoms with E-state index in [0.29, 0.717) is 24.3 Å². The second-order valence-corrected chi connectivity index (χ2v) is 9.54. The molecule has 2 aromatic carbocycles. The maximum Gasteiger partial charge on any atom is 0.242 e. The number of nitrogens with one attached hydrogen (secondary N) is 1. The highest BCUT2D eigenvalue weighted by molar-refractivity contribution is 7.95. The normalized spacial score (nSPS) is 11.8. The van der Waals surface area contributed by atoms with E-state index in [1.165, 1.54) is 37.3 Å². The molecule has 0 saturated heterocycles. The van der Waals surface area contributed by atoms with E-state index in [1.54, 1.807) is 21.7 Å². The summed E-state index contributed by atoms with van der Waals surface area (Å²) in [5.41, 5.74) is 1.75. The lowest BCUT2D eigenvalue weighted by atomic mass is 10.1. The summed E-state index contributed by atoms with van der Waals surface area (Å²) < 4.78 is 28.1. The van der Waals surface area contributed by atoms with E-state index in [1.807, 2.05) is 38.1 Å². The average Bonchev–Trinajstić information content (AvgIpc) is 3.15. The molecule has 9 heteroatoms. The Hall–Kier alpha value is -3.90. The summed E-state index contributed by atoms with van der Waals surface area (Å²) in [6.07, 6.45) is 3.02. The molecule has 0 bridgehead atoms. The molecule has 0 atom stereocenters. The number of carbonyl (C=O) groups is 2. The van der Waals surface area contributed by atoms with Crippen LogP contribution in [0.15, 0.2) is 64.5 Å². The van der Waals surface area contributed by atoms with Crippen LogP contribution >= 0.6 is 0 Å². The molecule has 1 aromatic heterocycles. The van der Waals surface area contributed by atoms with Gasteiger partial charge in [-0.15, -0.1) is 0 Å². The summed E-state index contributed by atoms with van der Waals surface area (Å²) >= 11 is 0. The van der Waals surface area contributed by atoms with Gasteiger partial charge >= 0.3 is 0 Å². The van der Waals surface area contributed by atoms with Crippen molar-refractivity contribution in [2.75, 3.05) is 18.4 Å². The van der Waals surface area contributed by atoms with Crippen LogP contribution in [0.25, 0.3) is 17.0 Å². The lowest BCUT2D eigenvalue weighted by Gasteiger charge is -2.19. The minimum absolute atomic E-state index is 0.0475. The largest absolute Gasteiger partial charge is 0.342 e. The third-order valence-corrected chi connectivity index (χ3v) is 7.09. The van der Waals surface area contributed by atoms with Gasteiger partial charge in [-0.05, 0) is 50.3 Å². The predicted octanol–water partition coefficient (Wildman–Crippen LogP) is 3.81. The molecule has 0 radical (unpaired) electrons.